The molecule has 2 aromatic carbocycles. The van der Waals surface area contributed by atoms with Crippen LogP contribution in [-0.4, -0.2) is 59.4 Å². The summed E-state index contributed by atoms with van der Waals surface area (Å²) < 4.78 is 0. The summed E-state index contributed by atoms with van der Waals surface area (Å²) in [5, 5.41) is 7.57. The van der Waals surface area contributed by atoms with E-state index >= 15 is 0 Å². The number of rotatable bonds is 10. The lowest BCUT2D eigenvalue weighted by Gasteiger charge is -2.40. The molecule has 1 aliphatic carbocycles. The van der Waals surface area contributed by atoms with Crippen LogP contribution in [-0.2, 0) is 16.6 Å². The van der Waals surface area contributed by atoms with Gasteiger partial charge in [0.05, 0.1) is 0 Å². The maximum atomic E-state index is 14.5. The number of pyridine rings is 1. The van der Waals surface area contributed by atoms with Crippen molar-refractivity contribution >= 4 is 22.7 Å². The molecule has 2 amide bonds. The molecule has 208 valence electrons. The second-order valence-electron chi connectivity index (χ2n) is 11.4. The third-order valence-electron chi connectivity index (χ3n) is 8.18. The molecule has 2 heterocycles. The van der Waals surface area contributed by atoms with Gasteiger partial charge in [0.15, 0.2) is 0 Å². The van der Waals surface area contributed by atoms with Gasteiger partial charge in [-0.1, -0.05) is 61.7 Å². The molecular formula is C33H39N5O2. The van der Waals surface area contributed by atoms with Crippen LogP contribution in [0.25, 0.3) is 10.9 Å². The Morgan fingerprint density at radius 1 is 0.950 bits per heavy atom. The molecule has 4 aromatic rings. The first-order valence-corrected chi connectivity index (χ1v) is 14.2. The Hall–Kier alpha value is -3.97. The lowest BCUT2D eigenvalue weighted by atomic mass is 9.71. The van der Waals surface area contributed by atoms with Crippen LogP contribution in [0.3, 0.4) is 0 Å². The lowest BCUT2D eigenvalue weighted by molar-refractivity contribution is -0.128. The van der Waals surface area contributed by atoms with Gasteiger partial charge in [0.2, 0.25) is 5.91 Å². The highest BCUT2D eigenvalue weighted by molar-refractivity contribution is 6.00. The van der Waals surface area contributed by atoms with E-state index in [9.17, 15) is 9.59 Å². The fraction of sp³-hybridized carbons (Fsp3) is 0.364. The monoisotopic (exact) mass is 537 g/mol. The number of para-hydroxylation sites is 1. The smallest absolute Gasteiger partial charge is 0.252 e. The zero-order valence-corrected chi connectivity index (χ0v) is 23.5. The highest BCUT2D eigenvalue weighted by Gasteiger charge is 2.43. The summed E-state index contributed by atoms with van der Waals surface area (Å²) >= 11 is 0. The number of H-pyrrole nitrogens is 1. The number of aromatic nitrogens is 2. The summed E-state index contributed by atoms with van der Waals surface area (Å²) in [5.74, 6) is -0.453. The number of nitrogens with zero attached hydrogens (tertiary/aromatic N) is 2. The molecule has 0 spiro atoms. The molecule has 0 bridgehead atoms. The van der Waals surface area contributed by atoms with Crippen LogP contribution in [0.1, 0.15) is 53.7 Å². The molecule has 7 heteroatoms. The van der Waals surface area contributed by atoms with Crippen LogP contribution in [0.15, 0.2) is 85.2 Å². The molecule has 1 atom stereocenters. The molecule has 0 saturated heterocycles. The van der Waals surface area contributed by atoms with Gasteiger partial charge < -0.3 is 20.5 Å². The first kappa shape index (κ1) is 27.6. The highest BCUT2D eigenvalue weighted by atomic mass is 16.2. The molecule has 0 aliphatic heterocycles. The average molecular weight is 538 g/mol. The van der Waals surface area contributed by atoms with Gasteiger partial charge in [-0.2, -0.15) is 0 Å². The molecule has 1 saturated carbocycles. The van der Waals surface area contributed by atoms with E-state index in [0.717, 1.165) is 47.8 Å². The maximum absolute atomic E-state index is 14.5. The molecule has 5 rings (SSSR count). The van der Waals surface area contributed by atoms with Crippen molar-refractivity contribution in [3.8, 4) is 0 Å². The first-order valence-electron chi connectivity index (χ1n) is 14.2. The van der Waals surface area contributed by atoms with Crippen LogP contribution in [0, 0.1) is 0 Å². The Morgan fingerprint density at radius 3 is 2.40 bits per heavy atom. The molecule has 2 aromatic heterocycles. The quantitative estimate of drug-likeness (QED) is 0.270. The number of hydrogen-bond donors (Lipinski definition) is 3. The van der Waals surface area contributed by atoms with Crippen molar-refractivity contribution in [2.45, 2.75) is 49.5 Å². The summed E-state index contributed by atoms with van der Waals surface area (Å²) in [4.78, 5) is 38.1. The molecule has 40 heavy (non-hydrogen) atoms. The van der Waals surface area contributed by atoms with Crippen molar-refractivity contribution in [3.63, 3.8) is 0 Å². The Labute approximate surface area is 236 Å². The summed E-state index contributed by atoms with van der Waals surface area (Å²) in [6.07, 6.45) is 9.49. The maximum Gasteiger partial charge on any atom is 0.252 e. The zero-order chi connectivity index (χ0) is 28.0. The van der Waals surface area contributed by atoms with Gasteiger partial charge in [0.25, 0.3) is 5.91 Å². The molecule has 1 aliphatic rings. The number of aromatic amines is 1. The fourth-order valence-corrected chi connectivity index (χ4v) is 6.22. The molecule has 0 unspecified atom stereocenters. The van der Waals surface area contributed by atoms with E-state index in [4.69, 9.17) is 4.98 Å². The number of benzene rings is 2. The second-order valence-corrected chi connectivity index (χ2v) is 11.4. The normalized spacial score (nSPS) is 16.4. The third-order valence-corrected chi connectivity index (χ3v) is 8.18. The van der Waals surface area contributed by atoms with Gasteiger partial charge in [-0.3, -0.25) is 14.6 Å². The van der Waals surface area contributed by atoms with E-state index in [1.54, 1.807) is 12.1 Å². The van der Waals surface area contributed by atoms with Gasteiger partial charge in [-0.15, -0.1) is 0 Å². The number of carbonyl (C=O) groups is 2. The Morgan fingerprint density at radius 2 is 1.68 bits per heavy atom. The molecular weight excluding hydrogens is 498 g/mol. The van der Waals surface area contributed by atoms with E-state index in [1.165, 1.54) is 6.42 Å². The van der Waals surface area contributed by atoms with Crippen LogP contribution < -0.4 is 10.6 Å². The second kappa shape index (κ2) is 12.0. The fourth-order valence-electron chi connectivity index (χ4n) is 6.22. The molecule has 3 N–H and O–H groups in total. The van der Waals surface area contributed by atoms with Crippen molar-refractivity contribution in [2.24, 2.45) is 0 Å². The van der Waals surface area contributed by atoms with Gasteiger partial charge in [0.1, 0.15) is 5.54 Å². The summed E-state index contributed by atoms with van der Waals surface area (Å²) in [6.45, 7) is 0.820. The van der Waals surface area contributed by atoms with Gasteiger partial charge in [-0.25, -0.2) is 0 Å². The Balaban J connectivity index is 1.50. The van der Waals surface area contributed by atoms with E-state index in [1.807, 2.05) is 79.9 Å². The van der Waals surface area contributed by atoms with Crippen molar-refractivity contribution in [3.05, 3.63) is 102 Å². The van der Waals surface area contributed by atoms with Gasteiger partial charge >= 0.3 is 0 Å². The lowest BCUT2D eigenvalue weighted by Crippen LogP contribution is -2.65. The first-order chi connectivity index (χ1) is 19.4. The molecule has 7 nitrogen and oxygen atoms in total. The van der Waals surface area contributed by atoms with Gasteiger partial charge in [0, 0.05) is 59.5 Å². The molecule has 1 fully saturated rings. The predicted molar refractivity (Wildman–Crippen MR) is 159 cm³/mol. The number of hydrogen-bond acceptors (Lipinski definition) is 4. The largest absolute Gasteiger partial charge is 0.361 e. The number of likely N-dealkylation sites (N-methyl/N-ethyl adjacent to an activating group) is 1. The Kier molecular flexibility index (Phi) is 8.31. The third kappa shape index (κ3) is 5.94. The van der Waals surface area contributed by atoms with Crippen LogP contribution >= 0.6 is 0 Å². The van der Waals surface area contributed by atoms with E-state index in [0.29, 0.717) is 25.1 Å². The average Bonchev–Trinajstić information content (AvgIpc) is 3.39. The SMILES string of the molecule is CN(C)C[C@](Cc1c[nH]c2ccccc12)(NC(=O)c1ccccc1)C(=O)NCC1(c2ccccn2)CCCCC1. The predicted octanol–water partition coefficient (Wildman–Crippen LogP) is 4.85. The number of fused-ring (bicyclic) bond motifs is 1. The van der Waals surface area contributed by atoms with Crippen molar-refractivity contribution in [2.75, 3.05) is 27.2 Å². The highest BCUT2D eigenvalue weighted by Crippen LogP contribution is 2.38. The van der Waals surface area contributed by atoms with Gasteiger partial charge in [-0.05, 0) is 62.8 Å². The van der Waals surface area contributed by atoms with E-state index in [2.05, 4.69) is 27.8 Å². The molecule has 0 radical (unpaired) electrons. The van der Waals surface area contributed by atoms with Crippen LogP contribution in [0.4, 0.5) is 0 Å². The van der Waals surface area contributed by atoms with E-state index in [-0.39, 0.29) is 17.2 Å². The minimum atomic E-state index is -1.21. The van der Waals surface area contributed by atoms with Crippen LogP contribution in [0.5, 0.6) is 0 Å². The van der Waals surface area contributed by atoms with E-state index < -0.39 is 5.54 Å². The summed E-state index contributed by atoms with van der Waals surface area (Å²) in [7, 11) is 3.87. The van der Waals surface area contributed by atoms with Crippen molar-refractivity contribution < 1.29 is 9.59 Å². The minimum Gasteiger partial charge on any atom is -0.361 e. The summed E-state index contributed by atoms with van der Waals surface area (Å²) in [5.41, 5.74) is 2.11. The minimum absolute atomic E-state index is 0.184. The van der Waals surface area contributed by atoms with Crippen molar-refractivity contribution in [1.29, 1.82) is 0 Å². The topological polar surface area (TPSA) is 90.1 Å². The van der Waals surface area contributed by atoms with Crippen molar-refractivity contribution in [1.82, 2.24) is 25.5 Å². The number of amides is 2. The standard InChI is InChI=1S/C33H39N5O2/c1-38(2)24-33(37-30(39)25-13-5-3-6-14-25,21-26-22-35-28-16-8-7-15-27(26)28)31(40)36-23-32(18-10-4-11-19-32)29-17-9-12-20-34-29/h3,5-9,12-17,20,22,35H,4,10-11,18-19,21,23-24H2,1-2H3,(H,36,40)(H,37,39)/t33-/m0/s1. The van der Waals surface area contributed by atoms with Crippen LogP contribution in [0.2, 0.25) is 0 Å². The Bertz CT molecular complexity index is 1430. The number of carbonyl (C=O) groups excluding carboxylic acids is 2. The number of nitrogens with one attached hydrogen (secondary N) is 3. The zero-order valence-electron chi connectivity index (χ0n) is 23.5. The summed E-state index contributed by atoms with van der Waals surface area (Å²) in [6, 6.07) is 23.2.